The van der Waals surface area contributed by atoms with E-state index in [1.807, 2.05) is 0 Å². The summed E-state index contributed by atoms with van der Waals surface area (Å²) < 4.78 is 18.7. The molecule has 0 bridgehead atoms. The van der Waals surface area contributed by atoms with Crippen LogP contribution in [-0.2, 0) is 11.3 Å². The summed E-state index contributed by atoms with van der Waals surface area (Å²) in [7, 11) is 1.67. The van der Waals surface area contributed by atoms with Crippen LogP contribution in [0.3, 0.4) is 0 Å². The minimum absolute atomic E-state index is 0.0828. The van der Waals surface area contributed by atoms with E-state index in [2.05, 4.69) is 10.1 Å². The molecule has 0 amide bonds. The summed E-state index contributed by atoms with van der Waals surface area (Å²) in [5.74, 6) is -0.466. The Bertz CT molecular complexity index is 489. The van der Waals surface area contributed by atoms with E-state index < -0.39 is 0 Å². The predicted molar refractivity (Wildman–Crippen MR) is 74.2 cm³/mol. The lowest BCUT2D eigenvalue weighted by atomic mass is 10.1. The first-order valence-electron chi connectivity index (χ1n) is 6.64. The maximum absolute atomic E-state index is 13.6. The van der Waals surface area contributed by atoms with Crippen molar-refractivity contribution in [2.45, 2.75) is 25.4 Å². The van der Waals surface area contributed by atoms with Crippen LogP contribution in [-0.4, -0.2) is 42.2 Å². The molecule has 1 aliphatic carbocycles. The van der Waals surface area contributed by atoms with Crippen molar-refractivity contribution in [1.82, 2.24) is 4.90 Å². The molecule has 1 aromatic rings. The number of methoxy groups -OCH3 is 1. The minimum Gasteiger partial charge on any atom is -0.409 e. The van der Waals surface area contributed by atoms with Crippen LogP contribution in [0.2, 0.25) is 0 Å². The zero-order valence-corrected chi connectivity index (χ0v) is 11.6. The molecule has 110 valence electrons. The Morgan fingerprint density at radius 1 is 1.50 bits per heavy atom. The molecule has 0 unspecified atom stereocenters. The number of halogens is 1. The first kappa shape index (κ1) is 14.7. The first-order chi connectivity index (χ1) is 9.63. The summed E-state index contributed by atoms with van der Waals surface area (Å²) in [5.41, 5.74) is 6.72. The van der Waals surface area contributed by atoms with Gasteiger partial charge in [-0.1, -0.05) is 5.16 Å². The fraction of sp³-hybridized carbons (Fsp3) is 0.500. The van der Waals surface area contributed by atoms with Crippen molar-refractivity contribution < 1.29 is 14.3 Å². The van der Waals surface area contributed by atoms with Gasteiger partial charge in [0.1, 0.15) is 5.82 Å². The van der Waals surface area contributed by atoms with Crippen molar-refractivity contribution in [2.24, 2.45) is 10.9 Å². The number of benzene rings is 1. The SMILES string of the molecule is COCCN(Cc1cc(F)cc(/C(N)=N/O)c1)C1CC1. The summed E-state index contributed by atoms with van der Waals surface area (Å²) in [6.45, 7) is 2.10. The Morgan fingerprint density at radius 2 is 2.25 bits per heavy atom. The fourth-order valence-electron chi connectivity index (χ4n) is 2.22. The standard InChI is InChI=1S/C14H20FN3O2/c1-20-5-4-18(13-2-3-13)9-10-6-11(14(16)17-19)8-12(15)7-10/h6-8,13,19H,2-5,9H2,1H3,(H2,16,17). The smallest absolute Gasteiger partial charge is 0.170 e. The number of rotatable bonds is 7. The Hall–Kier alpha value is -1.66. The van der Waals surface area contributed by atoms with Crippen LogP contribution in [0.5, 0.6) is 0 Å². The van der Waals surface area contributed by atoms with Crippen molar-refractivity contribution in [3.63, 3.8) is 0 Å². The van der Waals surface area contributed by atoms with E-state index in [1.54, 1.807) is 13.2 Å². The Kier molecular flexibility index (Phi) is 4.92. The number of amidine groups is 1. The van der Waals surface area contributed by atoms with Crippen LogP contribution < -0.4 is 5.73 Å². The Labute approximate surface area is 117 Å². The van der Waals surface area contributed by atoms with Gasteiger partial charge < -0.3 is 15.7 Å². The maximum Gasteiger partial charge on any atom is 0.170 e. The van der Waals surface area contributed by atoms with Crippen LogP contribution in [0.4, 0.5) is 4.39 Å². The summed E-state index contributed by atoms with van der Waals surface area (Å²) >= 11 is 0. The summed E-state index contributed by atoms with van der Waals surface area (Å²) in [5, 5.41) is 11.6. The highest BCUT2D eigenvalue weighted by atomic mass is 19.1. The van der Waals surface area contributed by atoms with Gasteiger partial charge >= 0.3 is 0 Å². The lowest BCUT2D eigenvalue weighted by Gasteiger charge is -2.22. The van der Waals surface area contributed by atoms with E-state index in [0.717, 1.165) is 12.1 Å². The molecule has 0 radical (unpaired) electrons. The lowest BCUT2D eigenvalue weighted by Crippen LogP contribution is -2.29. The topological polar surface area (TPSA) is 71.1 Å². The molecule has 0 heterocycles. The normalized spacial score (nSPS) is 15.8. The highest BCUT2D eigenvalue weighted by Crippen LogP contribution is 2.28. The van der Waals surface area contributed by atoms with Gasteiger partial charge in [0.25, 0.3) is 0 Å². The molecule has 5 nitrogen and oxygen atoms in total. The monoisotopic (exact) mass is 281 g/mol. The largest absolute Gasteiger partial charge is 0.409 e. The van der Waals surface area contributed by atoms with Crippen LogP contribution in [0.1, 0.15) is 24.0 Å². The third-order valence-electron chi connectivity index (χ3n) is 3.39. The van der Waals surface area contributed by atoms with E-state index >= 15 is 0 Å². The molecule has 1 saturated carbocycles. The molecule has 1 aromatic carbocycles. The van der Waals surface area contributed by atoms with Crippen LogP contribution in [0, 0.1) is 5.82 Å². The van der Waals surface area contributed by atoms with Crippen LogP contribution in [0.25, 0.3) is 0 Å². The number of hydrogen-bond acceptors (Lipinski definition) is 4. The highest BCUT2D eigenvalue weighted by Gasteiger charge is 2.28. The molecule has 1 aliphatic rings. The second kappa shape index (κ2) is 6.67. The zero-order chi connectivity index (χ0) is 14.5. The van der Waals surface area contributed by atoms with Gasteiger partial charge in [0.2, 0.25) is 0 Å². The number of oxime groups is 1. The lowest BCUT2D eigenvalue weighted by molar-refractivity contribution is 0.139. The summed E-state index contributed by atoms with van der Waals surface area (Å²) in [6, 6.07) is 5.05. The van der Waals surface area contributed by atoms with E-state index in [9.17, 15) is 4.39 Å². The second-order valence-electron chi connectivity index (χ2n) is 5.03. The van der Waals surface area contributed by atoms with Crippen molar-refractivity contribution in [1.29, 1.82) is 0 Å². The number of ether oxygens (including phenoxy) is 1. The molecule has 0 aliphatic heterocycles. The van der Waals surface area contributed by atoms with Gasteiger partial charge in [0, 0.05) is 31.8 Å². The predicted octanol–water partition coefficient (Wildman–Crippen LogP) is 1.53. The van der Waals surface area contributed by atoms with E-state index in [-0.39, 0.29) is 11.7 Å². The van der Waals surface area contributed by atoms with E-state index in [4.69, 9.17) is 15.7 Å². The quantitative estimate of drug-likeness (QED) is 0.344. The van der Waals surface area contributed by atoms with Crippen LogP contribution in [0.15, 0.2) is 23.4 Å². The van der Waals surface area contributed by atoms with Crippen molar-refractivity contribution in [3.05, 3.63) is 35.1 Å². The molecular formula is C14H20FN3O2. The number of nitrogens with two attached hydrogens (primary N) is 1. The molecule has 3 N–H and O–H groups in total. The molecule has 20 heavy (non-hydrogen) atoms. The second-order valence-corrected chi connectivity index (χ2v) is 5.03. The van der Waals surface area contributed by atoms with Crippen molar-refractivity contribution >= 4 is 5.84 Å². The van der Waals surface area contributed by atoms with Crippen LogP contribution >= 0.6 is 0 Å². The first-order valence-corrected chi connectivity index (χ1v) is 6.64. The van der Waals surface area contributed by atoms with Gasteiger partial charge in [-0.3, -0.25) is 4.90 Å². The molecule has 6 heteroatoms. The fourth-order valence-corrected chi connectivity index (χ4v) is 2.22. The average molecular weight is 281 g/mol. The summed E-state index contributed by atoms with van der Waals surface area (Å²) in [6.07, 6.45) is 2.35. The third-order valence-corrected chi connectivity index (χ3v) is 3.39. The number of nitrogens with zero attached hydrogens (tertiary/aromatic N) is 2. The molecular weight excluding hydrogens is 261 g/mol. The zero-order valence-electron chi connectivity index (χ0n) is 11.6. The molecule has 2 rings (SSSR count). The Balaban J connectivity index is 2.12. The van der Waals surface area contributed by atoms with E-state index in [1.165, 1.54) is 25.0 Å². The average Bonchev–Trinajstić information content (AvgIpc) is 3.26. The molecule has 0 spiro atoms. The Morgan fingerprint density at radius 3 is 2.85 bits per heavy atom. The minimum atomic E-state index is -0.383. The highest BCUT2D eigenvalue weighted by molar-refractivity contribution is 5.97. The third kappa shape index (κ3) is 3.91. The molecule has 0 atom stereocenters. The van der Waals surface area contributed by atoms with Crippen molar-refractivity contribution in [3.8, 4) is 0 Å². The maximum atomic E-state index is 13.6. The van der Waals surface area contributed by atoms with E-state index in [0.29, 0.717) is 24.8 Å². The number of hydrogen-bond donors (Lipinski definition) is 2. The summed E-state index contributed by atoms with van der Waals surface area (Å²) in [4.78, 5) is 2.27. The van der Waals surface area contributed by atoms with Crippen molar-refractivity contribution in [2.75, 3.05) is 20.3 Å². The van der Waals surface area contributed by atoms with Gasteiger partial charge in [0.15, 0.2) is 5.84 Å². The van der Waals surface area contributed by atoms with Gasteiger partial charge in [-0.25, -0.2) is 4.39 Å². The molecule has 1 fully saturated rings. The molecule has 0 aromatic heterocycles. The van der Waals surface area contributed by atoms with Gasteiger partial charge in [-0.2, -0.15) is 0 Å². The molecule has 0 saturated heterocycles. The van der Waals surface area contributed by atoms with Gasteiger partial charge in [-0.05, 0) is 36.6 Å². The van der Waals surface area contributed by atoms with Gasteiger partial charge in [0.05, 0.1) is 6.61 Å². The van der Waals surface area contributed by atoms with Gasteiger partial charge in [-0.15, -0.1) is 0 Å².